The lowest BCUT2D eigenvalue weighted by molar-refractivity contribution is 0.0972. The third-order valence-corrected chi connectivity index (χ3v) is 3.58. The summed E-state index contributed by atoms with van der Waals surface area (Å²) >= 11 is 1.85. The Morgan fingerprint density at radius 1 is 1.57 bits per heavy atom. The summed E-state index contributed by atoms with van der Waals surface area (Å²) in [4.78, 5) is 15.0. The lowest BCUT2D eigenvalue weighted by Crippen LogP contribution is -2.04. The van der Waals surface area contributed by atoms with Gasteiger partial charge in [-0.1, -0.05) is 11.6 Å². The number of carbonyl (C=O) groups is 1. The molecule has 1 unspecified atom stereocenters. The molecule has 1 aromatic heterocycles. The van der Waals surface area contributed by atoms with E-state index < -0.39 is 0 Å². The summed E-state index contributed by atoms with van der Waals surface area (Å²) in [5.41, 5.74) is 0. The van der Waals surface area contributed by atoms with Gasteiger partial charge in [0.05, 0.1) is 5.25 Å². The van der Waals surface area contributed by atoms with Gasteiger partial charge < -0.3 is 4.52 Å². The van der Waals surface area contributed by atoms with Gasteiger partial charge in [-0.05, 0) is 18.6 Å². The standard InChI is InChI=1S/C9H12N2O2S/c1-6(12)9-10-8(11-13-9)7-4-2-3-5-14-7/h7H,2-5H2,1H3. The summed E-state index contributed by atoms with van der Waals surface area (Å²) in [5, 5.41) is 4.15. The molecule has 0 radical (unpaired) electrons. The molecule has 1 saturated heterocycles. The number of ketones is 1. The van der Waals surface area contributed by atoms with E-state index in [-0.39, 0.29) is 11.7 Å². The van der Waals surface area contributed by atoms with Gasteiger partial charge in [-0.15, -0.1) is 0 Å². The van der Waals surface area contributed by atoms with Gasteiger partial charge in [0, 0.05) is 6.92 Å². The van der Waals surface area contributed by atoms with Crippen LogP contribution in [0.15, 0.2) is 4.52 Å². The average molecular weight is 212 g/mol. The second-order valence-corrected chi connectivity index (χ2v) is 4.68. The third kappa shape index (κ3) is 1.97. The van der Waals surface area contributed by atoms with Crippen molar-refractivity contribution in [1.82, 2.24) is 10.1 Å². The van der Waals surface area contributed by atoms with Gasteiger partial charge in [-0.2, -0.15) is 16.7 Å². The van der Waals surface area contributed by atoms with Crippen molar-refractivity contribution < 1.29 is 9.32 Å². The van der Waals surface area contributed by atoms with Gasteiger partial charge in [-0.3, -0.25) is 4.79 Å². The number of Topliss-reactive ketones (excluding diaryl/α,β-unsaturated/α-hetero) is 1. The molecule has 0 N–H and O–H groups in total. The summed E-state index contributed by atoms with van der Waals surface area (Å²) in [6.45, 7) is 1.44. The molecular formula is C9H12N2O2S. The summed E-state index contributed by atoms with van der Waals surface area (Å²) < 4.78 is 4.86. The Kier molecular flexibility index (Phi) is 2.86. The summed E-state index contributed by atoms with van der Waals surface area (Å²) in [6.07, 6.45) is 3.56. The van der Waals surface area contributed by atoms with E-state index in [1.807, 2.05) is 11.8 Å². The highest BCUT2D eigenvalue weighted by Crippen LogP contribution is 2.36. The van der Waals surface area contributed by atoms with Gasteiger partial charge in [-0.25, -0.2) is 0 Å². The van der Waals surface area contributed by atoms with Crippen LogP contribution < -0.4 is 0 Å². The zero-order chi connectivity index (χ0) is 9.97. The number of rotatable bonds is 2. The fourth-order valence-corrected chi connectivity index (χ4v) is 2.69. The van der Waals surface area contributed by atoms with Crippen LogP contribution in [0, 0.1) is 0 Å². The fourth-order valence-electron chi connectivity index (χ4n) is 1.45. The molecule has 2 rings (SSSR count). The Morgan fingerprint density at radius 3 is 3.00 bits per heavy atom. The first kappa shape index (κ1) is 9.71. The molecule has 1 aliphatic heterocycles. The van der Waals surface area contributed by atoms with E-state index in [9.17, 15) is 4.79 Å². The van der Waals surface area contributed by atoms with Gasteiger partial charge in [0.2, 0.25) is 5.78 Å². The van der Waals surface area contributed by atoms with Crippen LogP contribution in [0.25, 0.3) is 0 Å². The first-order chi connectivity index (χ1) is 6.77. The smallest absolute Gasteiger partial charge is 0.293 e. The molecule has 1 aromatic rings. The van der Waals surface area contributed by atoms with Crippen molar-refractivity contribution in [2.45, 2.75) is 31.4 Å². The molecular weight excluding hydrogens is 200 g/mol. The predicted octanol–water partition coefficient (Wildman–Crippen LogP) is 2.23. The first-order valence-electron chi connectivity index (χ1n) is 4.73. The van der Waals surface area contributed by atoms with Crippen LogP contribution in [0.3, 0.4) is 0 Å². The van der Waals surface area contributed by atoms with Gasteiger partial charge in [0.1, 0.15) is 0 Å². The van der Waals surface area contributed by atoms with Crippen molar-refractivity contribution in [1.29, 1.82) is 0 Å². The second-order valence-electron chi connectivity index (χ2n) is 3.37. The molecule has 0 saturated carbocycles. The predicted molar refractivity (Wildman–Crippen MR) is 53.4 cm³/mol. The van der Waals surface area contributed by atoms with Crippen molar-refractivity contribution in [2.24, 2.45) is 0 Å². The summed E-state index contributed by atoms with van der Waals surface area (Å²) in [6, 6.07) is 0. The van der Waals surface area contributed by atoms with Crippen LogP contribution in [0.5, 0.6) is 0 Å². The highest BCUT2D eigenvalue weighted by molar-refractivity contribution is 7.99. The number of carbonyl (C=O) groups excluding carboxylic acids is 1. The molecule has 1 fully saturated rings. The van der Waals surface area contributed by atoms with Crippen LogP contribution in [0.1, 0.15) is 47.9 Å². The maximum atomic E-state index is 10.9. The molecule has 1 atom stereocenters. The Hall–Kier alpha value is -0.840. The van der Waals surface area contributed by atoms with Crippen molar-refractivity contribution in [2.75, 3.05) is 5.75 Å². The highest BCUT2D eigenvalue weighted by Gasteiger charge is 2.22. The minimum Gasteiger partial charge on any atom is -0.331 e. The van der Waals surface area contributed by atoms with Crippen LogP contribution in [0.2, 0.25) is 0 Å². The maximum absolute atomic E-state index is 10.9. The van der Waals surface area contributed by atoms with Crippen LogP contribution in [0.4, 0.5) is 0 Å². The normalized spacial score (nSPS) is 22.2. The molecule has 76 valence electrons. The van der Waals surface area contributed by atoms with Gasteiger partial charge >= 0.3 is 0 Å². The zero-order valence-corrected chi connectivity index (χ0v) is 8.84. The SMILES string of the molecule is CC(=O)c1nc(C2CCCCS2)no1. The van der Waals surface area contributed by atoms with Gasteiger partial charge in [0.15, 0.2) is 5.82 Å². The average Bonchev–Trinajstić information content (AvgIpc) is 2.68. The van der Waals surface area contributed by atoms with E-state index in [2.05, 4.69) is 10.1 Å². The molecule has 1 aliphatic rings. The summed E-state index contributed by atoms with van der Waals surface area (Å²) in [7, 11) is 0. The lowest BCUT2D eigenvalue weighted by atomic mass is 10.2. The van der Waals surface area contributed by atoms with Gasteiger partial charge in [0.25, 0.3) is 5.89 Å². The molecule has 2 heterocycles. The highest BCUT2D eigenvalue weighted by atomic mass is 32.2. The van der Waals surface area contributed by atoms with Crippen molar-refractivity contribution >= 4 is 17.5 Å². The minimum absolute atomic E-state index is 0.131. The molecule has 14 heavy (non-hydrogen) atoms. The number of aromatic nitrogens is 2. The Balaban J connectivity index is 2.11. The van der Waals surface area contributed by atoms with E-state index in [4.69, 9.17) is 4.52 Å². The van der Waals surface area contributed by atoms with Crippen LogP contribution in [-0.2, 0) is 0 Å². The van der Waals surface area contributed by atoms with E-state index in [0.29, 0.717) is 11.1 Å². The van der Waals surface area contributed by atoms with Crippen LogP contribution >= 0.6 is 11.8 Å². The van der Waals surface area contributed by atoms with E-state index >= 15 is 0 Å². The van der Waals surface area contributed by atoms with E-state index in [1.165, 1.54) is 19.8 Å². The monoisotopic (exact) mass is 212 g/mol. The Labute approximate surface area is 86.4 Å². The Bertz CT molecular complexity index is 331. The topological polar surface area (TPSA) is 56.0 Å². The summed E-state index contributed by atoms with van der Waals surface area (Å²) in [5.74, 6) is 1.80. The number of nitrogens with zero attached hydrogens (tertiary/aromatic N) is 2. The number of hydrogen-bond acceptors (Lipinski definition) is 5. The van der Waals surface area contributed by atoms with Crippen molar-refractivity contribution in [3.8, 4) is 0 Å². The Morgan fingerprint density at radius 2 is 2.43 bits per heavy atom. The lowest BCUT2D eigenvalue weighted by Gasteiger charge is -2.17. The molecule has 4 nitrogen and oxygen atoms in total. The number of hydrogen-bond donors (Lipinski definition) is 0. The second kappa shape index (κ2) is 4.13. The quantitative estimate of drug-likeness (QED) is 0.703. The zero-order valence-electron chi connectivity index (χ0n) is 8.02. The van der Waals surface area contributed by atoms with Crippen molar-refractivity contribution in [3.05, 3.63) is 11.7 Å². The van der Waals surface area contributed by atoms with Crippen molar-refractivity contribution in [3.63, 3.8) is 0 Å². The van der Waals surface area contributed by atoms with E-state index in [0.717, 1.165) is 12.2 Å². The number of thioether (sulfide) groups is 1. The molecule has 0 spiro atoms. The first-order valence-corrected chi connectivity index (χ1v) is 5.78. The molecule has 0 amide bonds. The molecule has 5 heteroatoms. The maximum Gasteiger partial charge on any atom is 0.293 e. The minimum atomic E-state index is -0.162. The van der Waals surface area contributed by atoms with Crippen LogP contribution in [-0.4, -0.2) is 21.7 Å². The molecule has 0 aromatic carbocycles. The van der Waals surface area contributed by atoms with E-state index in [1.54, 1.807) is 0 Å². The fraction of sp³-hybridized carbons (Fsp3) is 0.667. The molecule has 0 aliphatic carbocycles. The third-order valence-electron chi connectivity index (χ3n) is 2.21. The molecule has 0 bridgehead atoms. The largest absolute Gasteiger partial charge is 0.331 e.